The Bertz CT molecular complexity index is 943. The van der Waals surface area contributed by atoms with Crippen LogP contribution < -0.4 is 5.32 Å². The number of carbonyl (C=O) groups excluding carboxylic acids is 1. The van der Waals surface area contributed by atoms with E-state index >= 15 is 0 Å². The number of anilines is 1. The van der Waals surface area contributed by atoms with Crippen LogP contribution in [0.15, 0.2) is 67.0 Å². The van der Waals surface area contributed by atoms with E-state index in [1.807, 2.05) is 6.07 Å². The number of rotatable bonds is 3. The van der Waals surface area contributed by atoms with Gasteiger partial charge in [0.05, 0.1) is 5.56 Å². The van der Waals surface area contributed by atoms with Gasteiger partial charge in [-0.25, -0.2) is 0 Å². The average Bonchev–Trinajstić information content (AvgIpc) is 2.60. The number of nitrogens with zero attached hydrogens (tertiary/aromatic N) is 1. The number of carbonyl (C=O) groups is 1. The largest absolute Gasteiger partial charge is 0.416 e. The van der Waals surface area contributed by atoms with Crippen LogP contribution in [0.4, 0.5) is 18.9 Å². The maximum Gasteiger partial charge on any atom is 0.416 e. The van der Waals surface area contributed by atoms with Gasteiger partial charge in [0, 0.05) is 34.9 Å². The summed E-state index contributed by atoms with van der Waals surface area (Å²) in [5.41, 5.74) is 0.155. The first-order valence-corrected chi connectivity index (χ1v) is 7.42. The maximum atomic E-state index is 12.7. The van der Waals surface area contributed by atoms with Crippen LogP contribution in [0.1, 0.15) is 11.1 Å². The Hall–Kier alpha value is -3.15. The van der Waals surface area contributed by atoms with Crippen molar-refractivity contribution in [1.82, 2.24) is 4.98 Å². The highest BCUT2D eigenvalue weighted by molar-refractivity contribution is 6.07. The highest BCUT2D eigenvalue weighted by Gasteiger charge is 2.30. The van der Waals surface area contributed by atoms with E-state index in [0.717, 1.165) is 22.9 Å². The lowest BCUT2D eigenvalue weighted by Gasteiger charge is -2.07. The van der Waals surface area contributed by atoms with Crippen molar-refractivity contribution in [2.45, 2.75) is 6.18 Å². The molecule has 1 heterocycles. The Morgan fingerprint density at radius 3 is 2.68 bits per heavy atom. The molecule has 0 aliphatic rings. The fraction of sp³-hybridized carbons (Fsp3) is 0.0526. The molecule has 0 saturated carbocycles. The SMILES string of the molecule is O=C(/C=C/c1cccc(C(F)(F)F)c1)Nc1cccc2cnccc12. The van der Waals surface area contributed by atoms with E-state index in [-0.39, 0.29) is 0 Å². The lowest BCUT2D eigenvalue weighted by atomic mass is 10.1. The van der Waals surface area contributed by atoms with Crippen molar-refractivity contribution in [3.8, 4) is 0 Å². The number of nitrogens with one attached hydrogen (secondary N) is 1. The molecule has 1 aromatic heterocycles. The zero-order valence-electron chi connectivity index (χ0n) is 12.9. The summed E-state index contributed by atoms with van der Waals surface area (Å²) in [5.74, 6) is -0.429. The summed E-state index contributed by atoms with van der Waals surface area (Å²) in [6.07, 6.45) is 1.44. The number of benzene rings is 2. The van der Waals surface area contributed by atoms with Crippen LogP contribution in [-0.4, -0.2) is 10.9 Å². The van der Waals surface area contributed by atoms with E-state index in [1.165, 1.54) is 24.3 Å². The second-order valence-corrected chi connectivity index (χ2v) is 5.35. The van der Waals surface area contributed by atoms with Crippen molar-refractivity contribution in [1.29, 1.82) is 0 Å². The minimum absolute atomic E-state index is 0.298. The van der Waals surface area contributed by atoms with Gasteiger partial charge in [-0.15, -0.1) is 0 Å². The Kier molecular flexibility index (Phi) is 4.52. The molecular weight excluding hydrogens is 329 g/mol. The van der Waals surface area contributed by atoms with E-state index in [1.54, 1.807) is 30.6 Å². The van der Waals surface area contributed by atoms with Crippen LogP contribution in [0.2, 0.25) is 0 Å². The molecule has 25 heavy (non-hydrogen) atoms. The molecule has 1 N–H and O–H groups in total. The van der Waals surface area contributed by atoms with Crippen molar-refractivity contribution < 1.29 is 18.0 Å². The fourth-order valence-corrected chi connectivity index (χ4v) is 2.40. The molecule has 0 saturated heterocycles. The van der Waals surface area contributed by atoms with Crippen LogP contribution in [-0.2, 0) is 11.0 Å². The molecule has 1 amide bonds. The van der Waals surface area contributed by atoms with Gasteiger partial charge in [0.15, 0.2) is 0 Å². The molecule has 0 spiro atoms. The number of amides is 1. The first-order valence-electron chi connectivity index (χ1n) is 7.42. The van der Waals surface area contributed by atoms with Crippen molar-refractivity contribution in [2.24, 2.45) is 0 Å². The second kappa shape index (κ2) is 6.76. The topological polar surface area (TPSA) is 42.0 Å². The predicted octanol–water partition coefficient (Wildman–Crippen LogP) is 4.91. The van der Waals surface area contributed by atoms with Gasteiger partial charge in [0.2, 0.25) is 5.91 Å². The van der Waals surface area contributed by atoms with Gasteiger partial charge >= 0.3 is 6.18 Å². The third-order valence-electron chi connectivity index (χ3n) is 3.58. The van der Waals surface area contributed by atoms with Crippen molar-refractivity contribution >= 4 is 28.4 Å². The van der Waals surface area contributed by atoms with Gasteiger partial charge in [-0.2, -0.15) is 13.2 Å². The summed E-state index contributed by atoms with van der Waals surface area (Å²) in [7, 11) is 0. The summed E-state index contributed by atoms with van der Waals surface area (Å²) >= 11 is 0. The molecule has 126 valence electrons. The highest BCUT2D eigenvalue weighted by atomic mass is 19.4. The Balaban J connectivity index is 1.77. The lowest BCUT2D eigenvalue weighted by molar-refractivity contribution is -0.137. The number of hydrogen-bond acceptors (Lipinski definition) is 2. The molecule has 2 aromatic carbocycles. The van der Waals surface area contributed by atoms with E-state index in [9.17, 15) is 18.0 Å². The number of aromatic nitrogens is 1. The van der Waals surface area contributed by atoms with Gasteiger partial charge in [-0.3, -0.25) is 9.78 Å². The first kappa shape index (κ1) is 16.7. The summed E-state index contributed by atoms with van der Waals surface area (Å²) in [6.45, 7) is 0. The molecule has 0 unspecified atom stereocenters. The molecule has 0 aliphatic heterocycles. The number of halogens is 3. The molecule has 3 rings (SSSR count). The molecule has 6 heteroatoms. The summed E-state index contributed by atoms with van der Waals surface area (Å²) in [6, 6.07) is 12.0. The van der Waals surface area contributed by atoms with Gasteiger partial charge in [-0.1, -0.05) is 24.3 Å². The molecule has 3 aromatic rings. The second-order valence-electron chi connectivity index (χ2n) is 5.35. The zero-order valence-corrected chi connectivity index (χ0v) is 12.9. The molecule has 0 atom stereocenters. The van der Waals surface area contributed by atoms with Crippen molar-refractivity contribution in [3.05, 3.63) is 78.1 Å². The summed E-state index contributed by atoms with van der Waals surface area (Å²) < 4.78 is 38.1. The molecule has 0 fully saturated rings. The normalized spacial score (nSPS) is 11.8. The van der Waals surface area contributed by atoms with E-state index in [4.69, 9.17) is 0 Å². The van der Waals surface area contributed by atoms with Gasteiger partial charge in [0.1, 0.15) is 0 Å². The summed E-state index contributed by atoms with van der Waals surface area (Å²) in [5, 5.41) is 4.43. The minimum Gasteiger partial charge on any atom is -0.322 e. The molecular formula is C19H13F3N2O. The fourth-order valence-electron chi connectivity index (χ4n) is 2.40. The third-order valence-corrected chi connectivity index (χ3v) is 3.58. The minimum atomic E-state index is -4.41. The first-order chi connectivity index (χ1) is 11.9. The van der Waals surface area contributed by atoms with E-state index in [2.05, 4.69) is 10.3 Å². The number of hydrogen-bond donors (Lipinski definition) is 1. The Labute approximate surface area is 141 Å². The lowest BCUT2D eigenvalue weighted by Crippen LogP contribution is -2.08. The van der Waals surface area contributed by atoms with E-state index in [0.29, 0.717) is 11.3 Å². The molecule has 0 aliphatic carbocycles. The Morgan fingerprint density at radius 1 is 1.08 bits per heavy atom. The maximum absolute atomic E-state index is 12.7. The third kappa shape index (κ3) is 4.03. The van der Waals surface area contributed by atoms with Crippen LogP contribution in [0, 0.1) is 0 Å². The predicted molar refractivity (Wildman–Crippen MR) is 90.9 cm³/mol. The van der Waals surface area contributed by atoms with Crippen molar-refractivity contribution in [3.63, 3.8) is 0 Å². The highest BCUT2D eigenvalue weighted by Crippen LogP contribution is 2.29. The van der Waals surface area contributed by atoms with Crippen LogP contribution in [0.3, 0.4) is 0 Å². The zero-order chi connectivity index (χ0) is 17.9. The van der Waals surface area contributed by atoms with Gasteiger partial charge < -0.3 is 5.32 Å². The number of pyridine rings is 1. The summed E-state index contributed by atoms with van der Waals surface area (Å²) in [4.78, 5) is 16.1. The van der Waals surface area contributed by atoms with Gasteiger partial charge in [0.25, 0.3) is 0 Å². The van der Waals surface area contributed by atoms with Crippen LogP contribution in [0.5, 0.6) is 0 Å². The average molecular weight is 342 g/mol. The van der Waals surface area contributed by atoms with Crippen LogP contribution >= 0.6 is 0 Å². The quantitative estimate of drug-likeness (QED) is 0.688. The van der Waals surface area contributed by atoms with Gasteiger partial charge in [-0.05, 0) is 35.9 Å². The standard InChI is InChI=1S/C19H13F3N2O/c20-19(21,22)15-5-1-3-13(11-15)7-8-18(25)24-17-6-2-4-14-12-23-10-9-16(14)17/h1-12H,(H,24,25)/b8-7+. The smallest absolute Gasteiger partial charge is 0.322 e. The molecule has 0 bridgehead atoms. The Morgan fingerprint density at radius 2 is 1.88 bits per heavy atom. The molecule has 3 nitrogen and oxygen atoms in total. The number of alkyl halides is 3. The van der Waals surface area contributed by atoms with E-state index < -0.39 is 17.6 Å². The molecule has 0 radical (unpaired) electrons. The van der Waals surface area contributed by atoms with Crippen LogP contribution in [0.25, 0.3) is 16.8 Å². The number of fused-ring (bicyclic) bond motifs is 1. The monoisotopic (exact) mass is 342 g/mol. The van der Waals surface area contributed by atoms with Crippen molar-refractivity contribution in [2.75, 3.05) is 5.32 Å².